The highest BCUT2D eigenvalue weighted by Crippen LogP contribution is 2.42. The minimum atomic E-state index is 0.0985. The van der Waals surface area contributed by atoms with E-state index in [1.54, 1.807) is 22.2 Å². The van der Waals surface area contributed by atoms with Gasteiger partial charge in [0.2, 0.25) is 0 Å². The Morgan fingerprint density at radius 1 is 1.35 bits per heavy atom. The number of carbonyl (C=O) groups is 1. The number of carbonyl (C=O) groups excluding carboxylic acids is 1. The van der Waals surface area contributed by atoms with E-state index in [4.69, 9.17) is 0 Å². The molecule has 0 radical (unpaired) electrons. The average Bonchev–Trinajstić information content (AvgIpc) is 2.84. The number of hydrogen-bond donors (Lipinski definition) is 1. The molecule has 1 unspecified atom stereocenters. The molecular weight excluding hydrogens is 286 g/mol. The Labute approximate surface area is 129 Å². The molecule has 2 aliphatic rings. The van der Waals surface area contributed by atoms with Crippen molar-refractivity contribution in [3.8, 4) is 0 Å². The lowest BCUT2D eigenvalue weighted by Crippen LogP contribution is -2.32. The van der Waals surface area contributed by atoms with E-state index in [0.29, 0.717) is 0 Å². The van der Waals surface area contributed by atoms with Crippen molar-refractivity contribution >= 4 is 35.1 Å². The van der Waals surface area contributed by atoms with Gasteiger partial charge < -0.3 is 5.32 Å². The zero-order valence-corrected chi connectivity index (χ0v) is 13.8. The molecule has 1 aliphatic carbocycles. The molecule has 0 aromatic carbocycles. The summed E-state index contributed by atoms with van der Waals surface area (Å²) in [6.07, 6.45) is 8.22. The molecule has 108 valence electrons. The Morgan fingerprint density at radius 3 is 2.95 bits per heavy atom. The molecule has 2 heterocycles. The van der Waals surface area contributed by atoms with Gasteiger partial charge in [0.15, 0.2) is 0 Å². The van der Waals surface area contributed by atoms with E-state index >= 15 is 0 Å². The van der Waals surface area contributed by atoms with Gasteiger partial charge in [-0.25, -0.2) is 0 Å². The van der Waals surface area contributed by atoms with Crippen LogP contribution in [0.1, 0.15) is 54.0 Å². The molecule has 2 nitrogen and oxygen atoms in total. The van der Waals surface area contributed by atoms with Crippen molar-refractivity contribution in [3.05, 3.63) is 25.8 Å². The average molecular weight is 307 g/mol. The first-order valence-electron chi connectivity index (χ1n) is 7.47. The van der Waals surface area contributed by atoms with Crippen LogP contribution < -0.4 is 5.32 Å². The first-order chi connectivity index (χ1) is 9.69. The monoisotopic (exact) mass is 307 g/mol. The third-order valence-corrected chi connectivity index (χ3v) is 6.49. The van der Waals surface area contributed by atoms with Crippen LogP contribution in [0, 0.1) is 0 Å². The Hall–Kier alpha value is -0.740. The van der Waals surface area contributed by atoms with Crippen LogP contribution in [0.15, 0.2) is 4.91 Å². The van der Waals surface area contributed by atoms with Crippen LogP contribution in [0.2, 0.25) is 0 Å². The van der Waals surface area contributed by atoms with Gasteiger partial charge >= 0.3 is 0 Å². The topological polar surface area (TPSA) is 29.1 Å². The number of aryl methyl sites for hydroxylation is 1. The predicted molar refractivity (Wildman–Crippen MR) is 88.1 cm³/mol. The Morgan fingerprint density at radius 2 is 2.15 bits per heavy atom. The fraction of sp³-hybridized carbons (Fsp3) is 0.562. The van der Waals surface area contributed by atoms with Gasteiger partial charge in [0, 0.05) is 21.5 Å². The van der Waals surface area contributed by atoms with Gasteiger partial charge in [0.25, 0.3) is 5.91 Å². The molecule has 0 bridgehead atoms. The zero-order valence-electron chi connectivity index (χ0n) is 12.1. The van der Waals surface area contributed by atoms with Gasteiger partial charge in [-0.05, 0) is 56.2 Å². The summed E-state index contributed by atoms with van der Waals surface area (Å²) in [4.78, 5) is 16.0. The molecule has 1 aromatic heterocycles. The summed E-state index contributed by atoms with van der Waals surface area (Å²) in [5, 5.41) is 3.07. The minimum absolute atomic E-state index is 0.0985. The number of hydrogen-bond acceptors (Lipinski definition) is 3. The van der Waals surface area contributed by atoms with E-state index in [-0.39, 0.29) is 11.9 Å². The second kappa shape index (κ2) is 5.94. The lowest BCUT2D eigenvalue weighted by atomic mass is 9.95. The number of rotatable bonds is 3. The lowest BCUT2D eigenvalue weighted by molar-refractivity contribution is -0.117. The van der Waals surface area contributed by atoms with Crippen molar-refractivity contribution in [2.24, 2.45) is 0 Å². The molecule has 1 aromatic rings. The zero-order chi connectivity index (χ0) is 14.1. The normalized spacial score (nSPS) is 18.8. The van der Waals surface area contributed by atoms with Crippen LogP contribution in [0.4, 0.5) is 0 Å². The second-order valence-electron chi connectivity index (χ2n) is 5.63. The summed E-state index contributed by atoms with van der Waals surface area (Å²) < 4.78 is 0. The van der Waals surface area contributed by atoms with Crippen molar-refractivity contribution in [2.45, 2.75) is 57.7 Å². The minimum Gasteiger partial charge on any atom is -0.349 e. The maximum absolute atomic E-state index is 12.2. The second-order valence-corrected chi connectivity index (χ2v) is 7.79. The quantitative estimate of drug-likeness (QED) is 0.909. The van der Waals surface area contributed by atoms with Crippen LogP contribution in [-0.4, -0.2) is 11.9 Å². The van der Waals surface area contributed by atoms with Crippen LogP contribution in [0.5, 0.6) is 0 Å². The van der Waals surface area contributed by atoms with E-state index in [9.17, 15) is 4.79 Å². The SMILES string of the molecule is CCC(C)NC(=O)C1=Cc2sc3c(c2CS1)CCCC3. The van der Waals surface area contributed by atoms with Crippen molar-refractivity contribution in [1.82, 2.24) is 5.32 Å². The van der Waals surface area contributed by atoms with Crippen LogP contribution in [0.25, 0.3) is 6.08 Å². The Kier molecular flexibility index (Phi) is 4.22. The van der Waals surface area contributed by atoms with Gasteiger partial charge in [0.05, 0.1) is 4.91 Å². The standard InChI is InChI=1S/C16H21NOS2/c1-3-10(2)17-16(18)15-8-14-12(9-19-15)11-6-4-5-7-13(11)20-14/h8,10H,3-7,9H2,1-2H3,(H,17,18). The maximum atomic E-state index is 12.2. The highest BCUT2D eigenvalue weighted by atomic mass is 32.2. The number of nitrogens with one attached hydrogen (secondary N) is 1. The largest absolute Gasteiger partial charge is 0.349 e. The van der Waals surface area contributed by atoms with E-state index < -0.39 is 0 Å². The molecule has 1 aliphatic heterocycles. The summed E-state index contributed by atoms with van der Waals surface area (Å²) in [5.74, 6) is 1.07. The maximum Gasteiger partial charge on any atom is 0.257 e. The molecule has 4 heteroatoms. The van der Waals surface area contributed by atoms with Crippen molar-refractivity contribution in [3.63, 3.8) is 0 Å². The van der Waals surface area contributed by atoms with Gasteiger partial charge in [-0.2, -0.15) is 0 Å². The fourth-order valence-corrected chi connectivity index (χ4v) is 5.31. The number of fused-ring (bicyclic) bond motifs is 3. The molecule has 1 amide bonds. The molecule has 20 heavy (non-hydrogen) atoms. The van der Waals surface area contributed by atoms with E-state index in [1.807, 2.05) is 11.3 Å². The summed E-state index contributed by atoms with van der Waals surface area (Å²) in [5.41, 5.74) is 3.11. The summed E-state index contributed by atoms with van der Waals surface area (Å²) in [7, 11) is 0. The summed E-state index contributed by atoms with van der Waals surface area (Å²) in [6, 6.07) is 0.252. The van der Waals surface area contributed by atoms with Gasteiger partial charge in [-0.15, -0.1) is 23.1 Å². The fourth-order valence-electron chi connectivity index (χ4n) is 2.77. The highest BCUT2D eigenvalue weighted by Gasteiger charge is 2.25. The lowest BCUT2D eigenvalue weighted by Gasteiger charge is -2.17. The molecule has 3 rings (SSSR count). The number of thioether (sulfide) groups is 1. The molecule has 0 saturated heterocycles. The van der Waals surface area contributed by atoms with Crippen molar-refractivity contribution in [2.75, 3.05) is 0 Å². The van der Waals surface area contributed by atoms with Crippen molar-refractivity contribution < 1.29 is 4.79 Å². The molecule has 0 saturated carbocycles. The van der Waals surface area contributed by atoms with E-state index in [1.165, 1.54) is 36.1 Å². The smallest absolute Gasteiger partial charge is 0.257 e. The van der Waals surface area contributed by atoms with E-state index in [0.717, 1.165) is 17.1 Å². The Balaban J connectivity index is 1.83. The summed E-state index contributed by atoms with van der Waals surface area (Å²) in [6.45, 7) is 4.15. The van der Waals surface area contributed by atoms with Gasteiger partial charge in [-0.1, -0.05) is 6.92 Å². The first kappa shape index (κ1) is 14.2. The third kappa shape index (κ3) is 2.68. The third-order valence-electron chi connectivity index (χ3n) is 4.16. The molecule has 1 atom stereocenters. The van der Waals surface area contributed by atoms with Crippen LogP contribution in [0.3, 0.4) is 0 Å². The van der Waals surface area contributed by atoms with Crippen molar-refractivity contribution in [1.29, 1.82) is 0 Å². The highest BCUT2D eigenvalue weighted by molar-refractivity contribution is 8.03. The Bertz CT molecular complexity index is 559. The first-order valence-corrected chi connectivity index (χ1v) is 9.28. The molecule has 1 N–H and O–H groups in total. The van der Waals surface area contributed by atoms with E-state index in [2.05, 4.69) is 25.2 Å². The molecule has 0 fully saturated rings. The predicted octanol–water partition coefficient (Wildman–Crippen LogP) is 4.13. The number of amides is 1. The van der Waals surface area contributed by atoms with Crippen LogP contribution >= 0.6 is 23.1 Å². The van der Waals surface area contributed by atoms with Gasteiger partial charge in [-0.3, -0.25) is 4.79 Å². The summed E-state index contributed by atoms with van der Waals surface area (Å²) >= 11 is 3.61. The molecular formula is C16H21NOS2. The molecule has 0 spiro atoms. The van der Waals surface area contributed by atoms with Crippen LogP contribution in [-0.2, 0) is 23.4 Å². The van der Waals surface area contributed by atoms with Gasteiger partial charge in [0.1, 0.15) is 0 Å². The number of thiophene rings is 1.